The largest absolute Gasteiger partial charge is 0.378 e. The molecule has 1 unspecified atom stereocenters. The summed E-state index contributed by atoms with van der Waals surface area (Å²) in [6, 6.07) is 14.6. The smallest absolute Gasteiger partial charge is 0.247 e. The standard InChI is InChI=1S/C20H22N4O3/c25-19(13-18-20(26)23-17-4-2-1-3-16(17)22-18)21-14-5-7-15(8-6-14)24-9-11-27-12-10-24/h1-8,18,22H,9-13H2,(H,21,25)(H,23,26). The topological polar surface area (TPSA) is 82.7 Å². The highest BCUT2D eigenvalue weighted by atomic mass is 16.5. The molecule has 4 rings (SSSR count). The van der Waals surface area contributed by atoms with Gasteiger partial charge in [-0.25, -0.2) is 0 Å². The second kappa shape index (κ2) is 7.67. The second-order valence-corrected chi connectivity index (χ2v) is 6.63. The van der Waals surface area contributed by atoms with Crippen LogP contribution in [0.4, 0.5) is 22.7 Å². The number of nitrogens with zero attached hydrogens (tertiary/aromatic N) is 1. The van der Waals surface area contributed by atoms with E-state index >= 15 is 0 Å². The Morgan fingerprint density at radius 3 is 2.52 bits per heavy atom. The van der Waals surface area contributed by atoms with E-state index in [9.17, 15) is 9.59 Å². The average molecular weight is 366 g/mol. The SMILES string of the molecule is O=C(CC1Nc2ccccc2NC1=O)Nc1ccc(N2CCOCC2)cc1. The number of fused-ring (bicyclic) bond motifs is 1. The van der Waals surface area contributed by atoms with Crippen molar-refractivity contribution in [2.45, 2.75) is 12.5 Å². The zero-order valence-corrected chi connectivity index (χ0v) is 14.9. The zero-order chi connectivity index (χ0) is 18.6. The van der Waals surface area contributed by atoms with Crippen molar-refractivity contribution in [1.29, 1.82) is 0 Å². The number of nitrogens with one attached hydrogen (secondary N) is 3. The van der Waals surface area contributed by atoms with Gasteiger partial charge in [0.2, 0.25) is 11.8 Å². The lowest BCUT2D eigenvalue weighted by Crippen LogP contribution is -2.41. The molecular formula is C20H22N4O3. The Labute approximate surface area is 157 Å². The van der Waals surface area contributed by atoms with Crippen LogP contribution in [0.3, 0.4) is 0 Å². The fourth-order valence-electron chi connectivity index (χ4n) is 3.31. The minimum Gasteiger partial charge on any atom is -0.378 e. The van der Waals surface area contributed by atoms with Crippen LogP contribution < -0.4 is 20.9 Å². The molecule has 2 heterocycles. The number of rotatable bonds is 4. The molecule has 27 heavy (non-hydrogen) atoms. The van der Waals surface area contributed by atoms with Crippen LogP contribution >= 0.6 is 0 Å². The first-order chi connectivity index (χ1) is 13.2. The Morgan fingerprint density at radius 2 is 1.78 bits per heavy atom. The summed E-state index contributed by atoms with van der Waals surface area (Å²) in [5, 5.41) is 8.81. The molecule has 2 amide bonds. The number of carbonyl (C=O) groups excluding carboxylic acids is 2. The van der Waals surface area contributed by atoms with E-state index in [4.69, 9.17) is 4.74 Å². The average Bonchev–Trinajstić information content (AvgIpc) is 2.70. The molecule has 0 saturated carbocycles. The summed E-state index contributed by atoms with van der Waals surface area (Å²) in [7, 11) is 0. The molecular weight excluding hydrogens is 344 g/mol. The highest BCUT2D eigenvalue weighted by Crippen LogP contribution is 2.27. The Hall–Kier alpha value is -3.06. The van der Waals surface area contributed by atoms with E-state index in [0.29, 0.717) is 5.69 Å². The molecule has 2 aromatic rings. The molecule has 0 bridgehead atoms. The Morgan fingerprint density at radius 1 is 1.07 bits per heavy atom. The predicted octanol–water partition coefficient (Wildman–Crippen LogP) is 2.28. The molecule has 7 heteroatoms. The molecule has 140 valence electrons. The minimum atomic E-state index is -0.590. The molecule has 2 aliphatic rings. The van der Waals surface area contributed by atoms with Crippen molar-refractivity contribution in [3.05, 3.63) is 48.5 Å². The number of amides is 2. The maximum Gasteiger partial charge on any atom is 0.247 e. The fourth-order valence-corrected chi connectivity index (χ4v) is 3.31. The van der Waals surface area contributed by atoms with E-state index in [2.05, 4.69) is 20.9 Å². The summed E-state index contributed by atoms with van der Waals surface area (Å²) in [4.78, 5) is 26.8. The van der Waals surface area contributed by atoms with Gasteiger partial charge in [0.1, 0.15) is 6.04 Å². The Bertz CT molecular complexity index is 831. The van der Waals surface area contributed by atoms with Gasteiger partial charge in [0.25, 0.3) is 0 Å². The minimum absolute atomic E-state index is 0.0609. The summed E-state index contributed by atoms with van der Waals surface area (Å²) >= 11 is 0. The highest BCUT2D eigenvalue weighted by Gasteiger charge is 2.27. The number of ether oxygens (including phenoxy) is 1. The second-order valence-electron chi connectivity index (χ2n) is 6.63. The molecule has 2 aromatic carbocycles. The first-order valence-corrected chi connectivity index (χ1v) is 9.08. The van der Waals surface area contributed by atoms with Crippen molar-refractivity contribution in [1.82, 2.24) is 0 Å². The fraction of sp³-hybridized carbons (Fsp3) is 0.300. The van der Waals surface area contributed by atoms with Crippen molar-refractivity contribution in [3.8, 4) is 0 Å². The van der Waals surface area contributed by atoms with Crippen LogP contribution in [0.5, 0.6) is 0 Å². The maximum absolute atomic E-state index is 12.4. The summed E-state index contributed by atoms with van der Waals surface area (Å²) < 4.78 is 5.36. The summed E-state index contributed by atoms with van der Waals surface area (Å²) in [5.41, 5.74) is 3.39. The van der Waals surface area contributed by atoms with E-state index in [1.54, 1.807) is 0 Å². The maximum atomic E-state index is 12.4. The van der Waals surface area contributed by atoms with Gasteiger partial charge in [-0.1, -0.05) is 12.1 Å². The number of hydrogen-bond acceptors (Lipinski definition) is 5. The summed E-state index contributed by atoms with van der Waals surface area (Å²) in [5.74, 6) is -0.410. The van der Waals surface area contributed by atoms with Crippen LogP contribution in [0.15, 0.2) is 48.5 Å². The van der Waals surface area contributed by atoms with Gasteiger partial charge in [0.15, 0.2) is 0 Å². The number of morpholine rings is 1. The van der Waals surface area contributed by atoms with Gasteiger partial charge in [0.05, 0.1) is 31.0 Å². The van der Waals surface area contributed by atoms with Crippen molar-refractivity contribution in [3.63, 3.8) is 0 Å². The van der Waals surface area contributed by atoms with Crippen molar-refractivity contribution >= 4 is 34.6 Å². The third-order valence-electron chi connectivity index (χ3n) is 4.75. The van der Waals surface area contributed by atoms with Crippen molar-refractivity contribution < 1.29 is 14.3 Å². The monoisotopic (exact) mass is 366 g/mol. The number of carbonyl (C=O) groups is 2. The summed E-state index contributed by atoms with van der Waals surface area (Å²) in [6.07, 6.45) is 0.0609. The molecule has 3 N–H and O–H groups in total. The molecule has 7 nitrogen and oxygen atoms in total. The van der Waals surface area contributed by atoms with Gasteiger partial charge < -0.3 is 25.6 Å². The molecule has 1 saturated heterocycles. The van der Waals surface area contributed by atoms with Crippen molar-refractivity contribution in [2.75, 3.05) is 47.2 Å². The van der Waals surface area contributed by atoms with Crippen LogP contribution in [0.25, 0.3) is 0 Å². The highest BCUT2D eigenvalue weighted by molar-refractivity contribution is 6.06. The number of benzene rings is 2. The van der Waals surface area contributed by atoms with E-state index in [0.717, 1.165) is 43.4 Å². The van der Waals surface area contributed by atoms with Gasteiger partial charge in [-0.2, -0.15) is 0 Å². The van der Waals surface area contributed by atoms with Crippen LogP contribution in [0.2, 0.25) is 0 Å². The molecule has 0 spiro atoms. The Kier molecular flexibility index (Phi) is 4.93. The third-order valence-corrected chi connectivity index (χ3v) is 4.75. The van der Waals surface area contributed by atoms with E-state index < -0.39 is 6.04 Å². The van der Waals surface area contributed by atoms with Crippen LogP contribution in [-0.2, 0) is 14.3 Å². The first kappa shape index (κ1) is 17.4. The van der Waals surface area contributed by atoms with E-state index in [1.807, 2.05) is 48.5 Å². The lowest BCUT2D eigenvalue weighted by molar-refractivity contribution is -0.122. The van der Waals surface area contributed by atoms with Gasteiger partial charge in [-0.3, -0.25) is 9.59 Å². The number of hydrogen-bond donors (Lipinski definition) is 3. The molecule has 1 fully saturated rings. The lowest BCUT2D eigenvalue weighted by atomic mass is 10.1. The molecule has 2 aliphatic heterocycles. The summed E-state index contributed by atoms with van der Waals surface area (Å²) in [6.45, 7) is 3.21. The lowest BCUT2D eigenvalue weighted by Gasteiger charge is -2.29. The number of para-hydroxylation sites is 2. The molecule has 1 atom stereocenters. The van der Waals surface area contributed by atoms with Crippen molar-refractivity contribution in [2.24, 2.45) is 0 Å². The predicted molar refractivity (Wildman–Crippen MR) is 105 cm³/mol. The van der Waals surface area contributed by atoms with Crippen LogP contribution in [0.1, 0.15) is 6.42 Å². The van der Waals surface area contributed by atoms with E-state index in [-0.39, 0.29) is 18.2 Å². The normalized spacial score (nSPS) is 18.9. The molecule has 0 aliphatic carbocycles. The van der Waals surface area contributed by atoms with Gasteiger partial charge in [-0.15, -0.1) is 0 Å². The Balaban J connectivity index is 1.35. The first-order valence-electron chi connectivity index (χ1n) is 9.08. The quantitative estimate of drug-likeness (QED) is 0.773. The third kappa shape index (κ3) is 4.03. The zero-order valence-electron chi connectivity index (χ0n) is 14.9. The van der Waals surface area contributed by atoms with Gasteiger partial charge in [0, 0.05) is 24.5 Å². The van der Waals surface area contributed by atoms with Gasteiger partial charge in [-0.05, 0) is 36.4 Å². The van der Waals surface area contributed by atoms with E-state index in [1.165, 1.54) is 0 Å². The molecule has 0 radical (unpaired) electrons. The molecule has 0 aromatic heterocycles. The van der Waals surface area contributed by atoms with Crippen LogP contribution in [0, 0.1) is 0 Å². The van der Waals surface area contributed by atoms with Gasteiger partial charge >= 0.3 is 0 Å². The van der Waals surface area contributed by atoms with Crippen LogP contribution in [-0.4, -0.2) is 44.2 Å². The number of anilines is 4.